The molecule has 0 aromatic heterocycles. The Bertz CT molecular complexity index is 322. The zero-order valence-corrected chi connectivity index (χ0v) is 8.18. The van der Waals surface area contributed by atoms with Crippen molar-refractivity contribution in [1.29, 1.82) is 0 Å². The van der Waals surface area contributed by atoms with Crippen LogP contribution in [0.3, 0.4) is 0 Å². The van der Waals surface area contributed by atoms with Crippen LogP contribution in [0, 0.1) is 18.6 Å². The maximum atomic E-state index is 13.0. The van der Waals surface area contributed by atoms with Crippen LogP contribution in [0.1, 0.15) is 12.5 Å². The topological polar surface area (TPSA) is 9.23 Å². The molecule has 0 N–H and O–H groups in total. The minimum absolute atomic E-state index is 0.0170. The van der Waals surface area contributed by atoms with Crippen LogP contribution in [-0.2, 0) is 0 Å². The summed E-state index contributed by atoms with van der Waals surface area (Å²) in [6.45, 7) is 3.55. The normalized spacial score (nSPS) is 10.9. The fourth-order valence-electron chi connectivity index (χ4n) is 0.946. The monoisotopic (exact) mass is 198 g/mol. The number of halogens is 2. The third-order valence-electron chi connectivity index (χ3n) is 1.84. The maximum absolute atomic E-state index is 13.0. The van der Waals surface area contributed by atoms with Crippen molar-refractivity contribution >= 4 is 0 Å². The van der Waals surface area contributed by atoms with Gasteiger partial charge in [0.05, 0.1) is 0 Å². The van der Waals surface area contributed by atoms with Gasteiger partial charge in [-0.1, -0.05) is 12.2 Å². The van der Waals surface area contributed by atoms with Crippen molar-refractivity contribution in [3.05, 3.63) is 41.5 Å². The van der Waals surface area contributed by atoms with E-state index in [1.165, 1.54) is 19.1 Å². The summed E-state index contributed by atoms with van der Waals surface area (Å²) in [6, 6.07) is 2.36. The third kappa shape index (κ3) is 2.55. The molecule has 0 atom stereocenters. The van der Waals surface area contributed by atoms with Gasteiger partial charge in [0.1, 0.15) is 24.0 Å². The van der Waals surface area contributed by atoms with Crippen LogP contribution >= 0.6 is 0 Å². The molecule has 14 heavy (non-hydrogen) atoms. The van der Waals surface area contributed by atoms with Crippen LogP contribution in [0.2, 0.25) is 0 Å². The summed E-state index contributed by atoms with van der Waals surface area (Å²) in [7, 11) is 0. The van der Waals surface area contributed by atoms with E-state index in [0.717, 1.165) is 0 Å². The van der Waals surface area contributed by atoms with Gasteiger partial charge in [-0.25, -0.2) is 8.78 Å². The predicted octanol–water partition coefficient (Wildman–Crippen LogP) is 3.23. The van der Waals surface area contributed by atoms with Crippen LogP contribution in [0.25, 0.3) is 0 Å². The summed E-state index contributed by atoms with van der Waals surface area (Å²) >= 11 is 0. The molecule has 1 nitrogen and oxygen atoms in total. The van der Waals surface area contributed by atoms with Crippen molar-refractivity contribution in [2.75, 3.05) is 6.61 Å². The second kappa shape index (κ2) is 4.74. The smallest absolute Gasteiger partial charge is 0.132 e. The molecule has 0 fully saturated rings. The average Bonchev–Trinajstić information content (AvgIpc) is 2.14. The first-order valence-corrected chi connectivity index (χ1v) is 4.34. The second-order valence-corrected chi connectivity index (χ2v) is 2.89. The van der Waals surface area contributed by atoms with Crippen molar-refractivity contribution in [2.24, 2.45) is 0 Å². The van der Waals surface area contributed by atoms with Crippen molar-refractivity contribution in [2.45, 2.75) is 13.8 Å². The van der Waals surface area contributed by atoms with E-state index in [0.29, 0.717) is 6.61 Å². The summed E-state index contributed by atoms with van der Waals surface area (Å²) in [6.07, 6.45) is 3.57. The van der Waals surface area contributed by atoms with Crippen LogP contribution in [0.5, 0.6) is 5.75 Å². The van der Waals surface area contributed by atoms with Crippen molar-refractivity contribution in [3.63, 3.8) is 0 Å². The fraction of sp³-hybridized carbons (Fsp3) is 0.273. The van der Waals surface area contributed by atoms with E-state index in [-0.39, 0.29) is 11.3 Å². The minimum Gasteiger partial charge on any atom is -0.489 e. The highest BCUT2D eigenvalue weighted by Gasteiger charge is 2.06. The molecule has 0 heterocycles. The molecule has 0 radical (unpaired) electrons. The maximum Gasteiger partial charge on any atom is 0.132 e. The van der Waals surface area contributed by atoms with Crippen LogP contribution < -0.4 is 4.74 Å². The highest BCUT2D eigenvalue weighted by Crippen LogP contribution is 2.19. The quantitative estimate of drug-likeness (QED) is 0.677. The molecule has 1 rings (SSSR count). The van der Waals surface area contributed by atoms with E-state index in [1.54, 1.807) is 12.2 Å². The van der Waals surface area contributed by atoms with Gasteiger partial charge in [0.15, 0.2) is 0 Å². The molecular weight excluding hydrogens is 186 g/mol. The molecule has 0 aliphatic rings. The van der Waals surface area contributed by atoms with Gasteiger partial charge in [-0.2, -0.15) is 0 Å². The fourth-order valence-corrected chi connectivity index (χ4v) is 0.946. The van der Waals surface area contributed by atoms with Crippen LogP contribution in [0.15, 0.2) is 24.3 Å². The largest absolute Gasteiger partial charge is 0.489 e. The van der Waals surface area contributed by atoms with Gasteiger partial charge in [0, 0.05) is 17.7 Å². The van der Waals surface area contributed by atoms with Gasteiger partial charge < -0.3 is 4.74 Å². The number of ether oxygens (including phenoxy) is 1. The summed E-state index contributed by atoms with van der Waals surface area (Å²) in [5.41, 5.74) is 0.0170. The lowest BCUT2D eigenvalue weighted by molar-refractivity contribution is 0.357. The molecule has 0 aliphatic heterocycles. The molecule has 1 aromatic carbocycles. The zero-order chi connectivity index (χ0) is 10.6. The van der Waals surface area contributed by atoms with Gasteiger partial charge >= 0.3 is 0 Å². The molecule has 0 saturated heterocycles. The summed E-state index contributed by atoms with van der Waals surface area (Å²) in [4.78, 5) is 0. The molecule has 3 heteroatoms. The van der Waals surface area contributed by atoms with E-state index in [2.05, 4.69) is 0 Å². The van der Waals surface area contributed by atoms with Crippen LogP contribution in [0.4, 0.5) is 8.78 Å². The van der Waals surface area contributed by atoms with Crippen molar-refractivity contribution in [1.82, 2.24) is 0 Å². The lowest BCUT2D eigenvalue weighted by Gasteiger charge is -2.05. The van der Waals surface area contributed by atoms with E-state index in [4.69, 9.17) is 4.74 Å². The Morgan fingerprint density at radius 1 is 1.29 bits per heavy atom. The Morgan fingerprint density at radius 2 is 1.86 bits per heavy atom. The molecular formula is C11H12F2O. The Morgan fingerprint density at radius 3 is 2.36 bits per heavy atom. The van der Waals surface area contributed by atoms with E-state index >= 15 is 0 Å². The van der Waals surface area contributed by atoms with E-state index in [1.807, 2.05) is 6.92 Å². The molecule has 0 saturated carbocycles. The summed E-state index contributed by atoms with van der Waals surface area (Å²) in [5, 5.41) is 0. The molecule has 1 aromatic rings. The van der Waals surface area contributed by atoms with E-state index < -0.39 is 11.6 Å². The Labute approximate surface area is 82.0 Å². The molecule has 76 valence electrons. The number of benzene rings is 1. The number of allylic oxidation sites excluding steroid dienone is 1. The Kier molecular flexibility index (Phi) is 3.63. The van der Waals surface area contributed by atoms with Gasteiger partial charge in [0.25, 0.3) is 0 Å². The average molecular weight is 198 g/mol. The number of hydrogen-bond donors (Lipinski definition) is 0. The highest BCUT2D eigenvalue weighted by molar-refractivity contribution is 5.29. The summed E-state index contributed by atoms with van der Waals surface area (Å²) < 4.78 is 31.1. The first-order valence-electron chi connectivity index (χ1n) is 4.34. The first kappa shape index (κ1) is 10.7. The lowest BCUT2D eigenvalue weighted by Crippen LogP contribution is -1.96. The highest BCUT2D eigenvalue weighted by atomic mass is 19.1. The molecule has 0 aliphatic carbocycles. The Hall–Kier alpha value is -1.38. The standard InChI is InChI=1S/C11H12F2O/c1-3-4-5-14-9-6-10(12)8(2)11(13)7-9/h3-4,6-7H,5H2,1-2H3/b4-3+. The van der Waals surface area contributed by atoms with Gasteiger partial charge in [-0.15, -0.1) is 0 Å². The first-order chi connectivity index (χ1) is 6.65. The lowest BCUT2D eigenvalue weighted by atomic mass is 10.2. The minimum atomic E-state index is -0.583. The third-order valence-corrected chi connectivity index (χ3v) is 1.84. The molecule has 0 spiro atoms. The molecule has 0 unspecified atom stereocenters. The second-order valence-electron chi connectivity index (χ2n) is 2.89. The zero-order valence-electron chi connectivity index (χ0n) is 8.18. The van der Waals surface area contributed by atoms with Gasteiger partial charge in [0.2, 0.25) is 0 Å². The summed E-state index contributed by atoms with van der Waals surface area (Å²) in [5.74, 6) is -0.954. The number of hydrogen-bond acceptors (Lipinski definition) is 1. The molecule has 0 amide bonds. The Balaban J connectivity index is 2.79. The predicted molar refractivity (Wildman–Crippen MR) is 51.4 cm³/mol. The van der Waals surface area contributed by atoms with Crippen molar-refractivity contribution in [3.8, 4) is 5.75 Å². The molecule has 0 bridgehead atoms. The SMILES string of the molecule is C/C=C/COc1cc(F)c(C)c(F)c1. The van der Waals surface area contributed by atoms with Gasteiger partial charge in [-0.3, -0.25) is 0 Å². The van der Waals surface area contributed by atoms with E-state index in [9.17, 15) is 8.78 Å². The van der Waals surface area contributed by atoms with Crippen LogP contribution in [-0.4, -0.2) is 6.61 Å². The number of rotatable bonds is 3. The van der Waals surface area contributed by atoms with Gasteiger partial charge in [-0.05, 0) is 13.8 Å². The van der Waals surface area contributed by atoms with Crippen molar-refractivity contribution < 1.29 is 13.5 Å².